The molecule has 0 saturated carbocycles. The summed E-state index contributed by atoms with van der Waals surface area (Å²) in [6.45, 7) is 7.30. The van der Waals surface area contributed by atoms with Crippen molar-refractivity contribution in [2.45, 2.75) is 27.3 Å². The third kappa shape index (κ3) is 3.15. The van der Waals surface area contributed by atoms with E-state index in [2.05, 4.69) is 32.6 Å². The highest BCUT2D eigenvalue weighted by atomic mass is 15.4. The Labute approximate surface area is 151 Å². The summed E-state index contributed by atoms with van der Waals surface area (Å²) in [4.78, 5) is 9.08. The van der Waals surface area contributed by atoms with Gasteiger partial charge in [-0.2, -0.15) is 14.7 Å². The van der Waals surface area contributed by atoms with Crippen molar-refractivity contribution < 1.29 is 0 Å². The lowest BCUT2D eigenvalue weighted by Crippen LogP contribution is -2.15. The summed E-state index contributed by atoms with van der Waals surface area (Å²) in [6, 6.07) is 14.2. The molecule has 0 spiro atoms. The van der Waals surface area contributed by atoms with Gasteiger partial charge in [-0.25, -0.2) is 14.6 Å². The molecule has 0 aliphatic carbocycles. The summed E-state index contributed by atoms with van der Waals surface area (Å²) in [5.74, 6) is 2.63. The molecule has 0 aliphatic heterocycles. The number of nitrogens with one attached hydrogen (secondary N) is 1. The molecule has 7 heteroatoms. The fraction of sp³-hybridized carbons (Fsp3) is 0.263. The van der Waals surface area contributed by atoms with Crippen LogP contribution in [0.15, 0.2) is 42.5 Å². The van der Waals surface area contributed by atoms with Crippen molar-refractivity contribution in [1.29, 1.82) is 0 Å². The van der Waals surface area contributed by atoms with Crippen LogP contribution in [0.4, 0.5) is 5.82 Å². The first-order chi connectivity index (χ1) is 12.6. The Morgan fingerprint density at radius 3 is 2.50 bits per heavy atom. The van der Waals surface area contributed by atoms with Crippen molar-refractivity contribution in [3.8, 4) is 11.3 Å². The van der Waals surface area contributed by atoms with Gasteiger partial charge in [-0.05, 0) is 20.8 Å². The lowest BCUT2D eigenvalue weighted by molar-refractivity contribution is 0.611. The minimum atomic E-state index is 0.718. The van der Waals surface area contributed by atoms with E-state index in [0.717, 1.165) is 53.2 Å². The molecule has 0 bridgehead atoms. The van der Waals surface area contributed by atoms with Crippen LogP contribution >= 0.6 is 0 Å². The van der Waals surface area contributed by atoms with Crippen LogP contribution in [0.1, 0.15) is 17.3 Å². The van der Waals surface area contributed by atoms with E-state index < -0.39 is 0 Å². The molecule has 0 fully saturated rings. The minimum absolute atomic E-state index is 0.718. The zero-order valence-corrected chi connectivity index (χ0v) is 15.1. The van der Waals surface area contributed by atoms with Crippen molar-refractivity contribution >= 4 is 11.5 Å². The first-order valence-corrected chi connectivity index (χ1v) is 8.65. The molecule has 0 amide bonds. The van der Waals surface area contributed by atoms with Crippen LogP contribution in [0.2, 0.25) is 0 Å². The van der Waals surface area contributed by atoms with Gasteiger partial charge >= 0.3 is 0 Å². The average Bonchev–Trinajstić information content (AvgIpc) is 3.16. The Morgan fingerprint density at radius 2 is 1.77 bits per heavy atom. The molecule has 0 radical (unpaired) electrons. The predicted molar refractivity (Wildman–Crippen MR) is 101 cm³/mol. The van der Waals surface area contributed by atoms with Crippen LogP contribution in [0, 0.1) is 20.8 Å². The van der Waals surface area contributed by atoms with Crippen LogP contribution < -0.4 is 5.32 Å². The van der Waals surface area contributed by atoms with Crippen molar-refractivity contribution in [3.05, 3.63) is 59.8 Å². The zero-order valence-electron chi connectivity index (χ0n) is 15.1. The number of fused-ring (bicyclic) bond motifs is 1. The molecule has 0 aliphatic rings. The van der Waals surface area contributed by atoms with Gasteiger partial charge in [-0.15, -0.1) is 0 Å². The lowest BCUT2D eigenvalue weighted by atomic mass is 10.1. The number of hydrogen-bond acceptors (Lipinski definition) is 5. The van der Waals surface area contributed by atoms with Crippen LogP contribution in [0.25, 0.3) is 16.9 Å². The molecular formula is C19H21N7. The number of aryl methyl sites for hydroxylation is 3. The van der Waals surface area contributed by atoms with E-state index in [0.29, 0.717) is 0 Å². The SMILES string of the molecule is Cc1cc2nc(-c3ccccc3)cc(NCCn3nc(C)nc3C)n2n1. The maximum atomic E-state index is 4.74. The Hall–Kier alpha value is -3.22. The van der Waals surface area contributed by atoms with Gasteiger partial charge in [0.25, 0.3) is 0 Å². The average molecular weight is 347 g/mol. The maximum absolute atomic E-state index is 4.74. The highest BCUT2D eigenvalue weighted by Gasteiger charge is 2.10. The summed E-state index contributed by atoms with van der Waals surface area (Å²) >= 11 is 0. The number of rotatable bonds is 5. The molecule has 1 N–H and O–H groups in total. The van der Waals surface area contributed by atoms with Crippen molar-refractivity contribution in [1.82, 2.24) is 29.4 Å². The summed E-state index contributed by atoms with van der Waals surface area (Å²) in [7, 11) is 0. The quantitative estimate of drug-likeness (QED) is 0.601. The minimum Gasteiger partial charge on any atom is -0.368 e. The number of aromatic nitrogens is 6. The third-order valence-corrected chi connectivity index (χ3v) is 4.21. The van der Waals surface area contributed by atoms with Gasteiger partial charge in [0.15, 0.2) is 5.65 Å². The van der Waals surface area contributed by atoms with E-state index in [9.17, 15) is 0 Å². The highest BCUT2D eigenvalue weighted by molar-refractivity contribution is 5.66. The van der Waals surface area contributed by atoms with Gasteiger partial charge in [0.05, 0.1) is 17.9 Å². The van der Waals surface area contributed by atoms with Gasteiger partial charge < -0.3 is 5.32 Å². The molecular weight excluding hydrogens is 326 g/mol. The van der Waals surface area contributed by atoms with Gasteiger partial charge in [-0.1, -0.05) is 30.3 Å². The van der Waals surface area contributed by atoms with Crippen LogP contribution in [0.5, 0.6) is 0 Å². The topological polar surface area (TPSA) is 72.9 Å². The van der Waals surface area contributed by atoms with E-state index in [-0.39, 0.29) is 0 Å². The molecule has 1 aromatic carbocycles. The number of hydrogen-bond donors (Lipinski definition) is 1. The fourth-order valence-electron chi connectivity index (χ4n) is 3.03. The van der Waals surface area contributed by atoms with Crippen LogP contribution in [0.3, 0.4) is 0 Å². The second kappa shape index (κ2) is 6.59. The second-order valence-corrected chi connectivity index (χ2v) is 6.30. The Kier molecular flexibility index (Phi) is 4.12. The standard InChI is InChI=1S/C19H21N7/c1-13-11-19-22-17(16-7-5-4-6-8-16)12-18(26(19)23-13)20-9-10-25-15(3)21-14(2)24-25/h4-8,11-12,20H,9-10H2,1-3H3. The van der Waals surface area contributed by atoms with Crippen LogP contribution in [-0.4, -0.2) is 35.9 Å². The Balaban J connectivity index is 1.63. The zero-order chi connectivity index (χ0) is 18.1. The van der Waals surface area contributed by atoms with E-state index in [4.69, 9.17) is 4.98 Å². The summed E-state index contributed by atoms with van der Waals surface area (Å²) in [5, 5.41) is 12.4. The molecule has 0 atom stereocenters. The fourth-order valence-corrected chi connectivity index (χ4v) is 3.03. The first kappa shape index (κ1) is 16.3. The van der Waals surface area contributed by atoms with Gasteiger partial charge in [0.2, 0.25) is 0 Å². The monoisotopic (exact) mass is 347 g/mol. The summed E-state index contributed by atoms with van der Waals surface area (Å²) in [6.07, 6.45) is 0. The molecule has 0 saturated heterocycles. The largest absolute Gasteiger partial charge is 0.368 e. The molecule has 0 unspecified atom stereocenters. The molecule has 7 nitrogen and oxygen atoms in total. The second-order valence-electron chi connectivity index (χ2n) is 6.30. The van der Waals surface area contributed by atoms with Gasteiger partial charge in [0.1, 0.15) is 17.5 Å². The van der Waals surface area contributed by atoms with E-state index in [1.807, 2.05) is 60.3 Å². The molecule has 4 rings (SSSR count). The first-order valence-electron chi connectivity index (χ1n) is 8.65. The predicted octanol–water partition coefficient (Wildman–Crippen LogP) is 3.03. The van der Waals surface area contributed by atoms with Crippen molar-refractivity contribution in [2.75, 3.05) is 11.9 Å². The number of anilines is 1. The maximum Gasteiger partial charge on any atom is 0.158 e. The Bertz CT molecular complexity index is 1050. The molecule has 3 aromatic heterocycles. The van der Waals surface area contributed by atoms with Gasteiger partial charge in [0, 0.05) is 24.2 Å². The van der Waals surface area contributed by atoms with Crippen LogP contribution in [-0.2, 0) is 6.54 Å². The number of benzene rings is 1. The summed E-state index contributed by atoms with van der Waals surface area (Å²) in [5.41, 5.74) is 3.78. The highest BCUT2D eigenvalue weighted by Crippen LogP contribution is 2.22. The van der Waals surface area contributed by atoms with E-state index >= 15 is 0 Å². The lowest BCUT2D eigenvalue weighted by Gasteiger charge is -2.11. The molecule has 3 heterocycles. The van der Waals surface area contributed by atoms with E-state index in [1.165, 1.54) is 0 Å². The van der Waals surface area contributed by atoms with Gasteiger partial charge in [-0.3, -0.25) is 0 Å². The smallest absolute Gasteiger partial charge is 0.158 e. The van der Waals surface area contributed by atoms with Crippen molar-refractivity contribution in [2.24, 2.45) is 0 Å². The normalized spacial score (nSPS) is 11.2. The van der Waals surface area contributed by atoms with E-state index in [1.54, 1.807) is 0 Å². The third-order valence-electron chi connectivity index (χ3n) is 4.21. The Morgan fingerprint density at radius 1 is 0.962 bits per heavy atom. The summed E-state index contributed by atoms with van der Waals surface area (Å²) < 4.78 is 3.76. The molecule has 4 aromatic rings. The molecule has 132 valence electrons. The van der Waals surface area contributed by atoms with Crippen molar-refractivity contribution in [3.63, 3.8) is 0 Å². The number of nitrogens with zero attached hydrogens (tertiary/aromatic N) is 6. The molecule has 26 heavy (non-hydrogen) atoms.